The zero-order chi connectivity index (χ0) is 22.1. The van der Waals surface area contributed by atoms with Crippen LogP contribution in [-0.4, -0.2) is 24.4 Å². The number of anilines is 2. The minimum atomic E-state index is -0.338. The molecule has 0 bridgehead atoms. The van der Waals surface area contributed by atoms with Gasteiger partial charge in [0, 0.05) is 16.9 Å². The van der Waals surface area contributed by atoms with Crippen LogP contribution in [0, 0.1) is 0 Å². The molecule has 7 heteroatoms. The van der Waals surface area contributed by atoms with E-state index in [-0.39, 0.29) is 30.4 Å². The maximum Gasteiger partial charge on any atom is 0.323 e. The maximum atomic E-state index is 12.2. The summed E-state index contributed by atoms with van der Waals surface area (Å²) >= 11 is 0. The first-order valence-electron chi connectivity index (χ1n) is 9.87. The summed E-state index contributed by atoms with van der Waals surface area (Å²) in [6, 6.07) is 24.5. The lowest BCUT2D eigenvalue weighted by atomic mass is 10.1. The van der Waals surface area contributed by atoms with Crippen LogP contribution in [0.1, 0.15) is 28.9 Å². The normalized spacial score (nSPS) is 11.1. The fourth-order valence-corrected chi connectivity index (χ4v) is 2.90. The van der Waals surface area contributed by atoms with Crippen LogP contribution in [0.15, 0.2) is 84.9 Å². The van der Waals surface area contributed by atoms with Crippen molar-refractivity contribution in [1.82, 2.24) is 10.6 Å². The second-order valence-electron chi connectivity index (χ2n) is 6.91. The minimum Gasteiger partial charge on any atom is -0.348 e. The molecule has 0 spiro atoms. The molecule has 4 amide bonds. The molecule has 3 rings (SSSR count). The summed E-state index contributed by atoms with van der Waals surface area (Å²) in [6.45, 7) is 1.73. The number of amides is 4. The molecule has 158 valence electrons. The molecule has 0 aliphatic heterocycles. The lowest BCUT2D eigenvalue weighted by molar-refractivity contribution is -0.120. The Morgan fingerprint density at radius 3 is 1.90 bits per heavy atom. The van der Waals surface area contributed by atoms with E-state index < -0.39 is 0 Å². The van der Waals surface area contributed by atoms with E-state index in [1.807, 2.05) is 43.3 Å². The number of rotatable bonds is 7. The highest BCUT2D eigenvalue weighted by atomic mass is 16.2. The van der Waals surface area contributed by atoms with Gasteiger partial charge in [0.05, 0.1) is 12.6 Å². The molecular formula is C24H24N4O3. The average Bonchev–Trinajstić information content (AvgIpc) is 2.79. The van der Waals surface area contributed by atoms with Gasteiger partial charge in [0.15, 0.2) is 0 Å². The number of carbonyl (C=O) groups is 3. The van der Waals surface area contributed by atoms with Crippen molar-refractivity contribution in [2.45, 2.75) is 13.0 Å². The molecule has 4 N–H and O–H groups in total. The zero-order valence-corrected chi connectivity index (χ0v) is 17.1. The largest absolute Gasteiger partial charge is 0.348 e. The third-order valence-electron chi connectivity index (χ3n) is 4.52. The molecule has 31 heavy (non-hydrogen) atoms. The first kappa shape index (κ1) is 21.6. The van der Waals surface area contributed by atoms with Gasteiger partial charge in [-0.2, -0.15) is 0 Å². The summed E-state index contributed by atoms with van der Waals surface area (Å²) in [5.41, 5.74) is 2.71. The van der Waals surface area contributed by atoms with Crippen molar-refractivity contribution in [3.8, 4) is 0 Å². The summed E-state index contributed by atoms with van der Waals surface area (Å²) in [7, 11) is 0. The fourth-order valence-electron chi connectivity index (χ4n) is 2.90. The number of para-hydroxylation sites is 1. The number of urea groups is 1. The Kier molecular flexibility index (Phi) is 7.37. The van der Waals surface area contributed by atoms with E-state index in [9.17, 15) is 14.4 Å². The fraction of sp³-hybridized carbons (Fsp3) is 0.125. The van der Waals surface area contributed by atoms with Crippen LogP contribution in [0.4, 0.5) is 16.2 Å². The third-order valence-corrected chi connectivity index (χ3v) is 4.52. The summed E-state index contributed by atoms with van der Waals surface area (Å²) in [5.74, 6) is -0.589. The van der Waals surface area contributed by atoms with Crippen LogP contribution >= 0.6 is 0 Å². The van der Waals surface area contributed by atoms with E-state index in [0.29, 0.717) is 16.9 Å². The van der Waals surface area contributed by atoms with Crippen LogP contribution in [0.3, 0.4) is 0 Å². The lowest BCUT2D eigenvalue weighted by Crippen LogP contribution is -2.38. The van der Waals surface area contributed by atoms with Gasteiger partial charge in [-0.25, -0.2) is 4.79 Å². The molecule has 0 radical (unpaired) electrons. The van der Waals surface area contributed by atoms with Gasteiger partial charge in [-0.3, -0.25) is 9.59 Å². The average molecular weight is 416 g/mol. The van der Waals surface area contributed by atoms with E-state index >= 15 is 0 Å². The number of nitrogens with one attached hydrogen (secondary N) is 4. The van der Waals surface area contributed by atoms with Crippen molar-refractivity contribution in [1.29, 1.82) is 0 Å². The van der Waals surface area contributed by atoms with E-state index in [4.69, 9.17) is 0 Å². The van der Waals surface area contributed by atoms with E-state index in [1.54, 1.807) is 48.5 Å². The van der Waals surface area contributed by atoms with Gasteiger partial charge in [0.25, 0.3) is 5.91 Å². The Bertz CT molecular complexity index is 1020. The standard InChI is InChI=1S/C24H24N4O3/c1-17(26-22(29)16-25-23(30)19-8-4-2-5-9-19)18-12-14-21(15-13-18)28-24(31)27-20-10-6-3-7-11-20/h2-15,17H,16H2,1H3,(H,25,30)(H,26,29)(H2,27,28,31). The molecule has 7 nitrogen and oxygen atoms in total. The van der Waals surface area contributed by atoms with Crippen LogP contribution in [0.5, 0.6) is 0 Å². The molecule has 1 unspecified atom stereocenters. The molecule has 3 aromatic carbocycles. The van der Waals surface area contributed by atoms with Gasteiger partial charge in [-0.15, -0.1) is 0 Å². The summed E-state index contributed by atoms with van der Waals surface area (Å²) in [5, 5.41) is 11.0. The molecular weight excluding hydrogens is 392 g/mol. The van der Waals surface area contributed by atoms with Crippen LogP contribution in [0.25, 0.3) is 0 Å². The monoisotopic (exact) mass is 416 g/mol. The Morgan fingerprint density at radius 1 is 0.742 bits per heavy atom. The predicted octanol–water partition coefficient (Wildman–Crippen LogP) is 3.94. The van der Waals surface area contributed by atoms with Crippen molar-refractivity contribution in [3.63, 3.8) is 0 Å². The molecule has 0 fully saturated rings. The van der Waals surface area contributed by atoms with E-state index in [2.05, 4.69) is 21.3 Å². The smallest absolute Gasteiger partial charge is 0.323 e. The highest BCUT2D eigenvalue weighted by Gasteiger charge is 2.12. The van der Waals surface area contributed by atoms with Gasteiger partial charge in [-0.05, 0) is 48.9 Å². The minimum absolute atomic E-state index is 0.114. The molecule has 0 aromatic heterocycles. The van der Waals surface area contributed by atoms with Crippen molar-refractivity contribution in [2.24, 2.45) is 0 Å². The number of carbonyl (C=O) groups excluding carboxylic acids is 3. The van der Waals surface area contributed by atoms with Crippen LogP contribution in [-0.2, 0) is 4.79 Å². The van der Waals surface area contributed by atoms with E-state index in [1.165, 1.54) is 0 Å². The van der Waals surface area contributed by atoms with Gasteiger partial charge in [-0.1, -0.05) is 48.5 Å². The Hall–Kier alpha value is -4.13. The Morgan fingerprint density at radius 2 is 1.29 bits per heavy atom. The lowest BCUT2D eigenvalue weighted by Gasteiger charge is -2.15. The van der Waals surface area contributed by atoms with Crippen molar-refractivity contribution >= 4 is 29.2 Å². The maximum absolute atomic E-state index is 12.2. The number of benzene rings is 3. The highest BCUT2D eigenvalue weighted by molar-refractivity contribution is 5.99. The van der Waals surface area contributed by atoms with Crippen molar-refractivity contribution in [2.75, 3.05) is 17.2 Å². The third kappa shape index (κ3) is 6.71. The molecule has 1 atom stereocenters. The van der Waals surface area contributed by atoms with Gasteiger partial charge >= 0.3 is 6.03 Å². The molecule has 0 heterocycles. The van der Waals surface area contributed by atoms with Crippen LogP contribution < -0.4 is 21.3 Å². The molecule has 0 aliphatic carbocycles. The molecule has 3 aromatic rings. The summed E-state index contributed by atoms with van der Waals surface area (Å²) < 4.78 is 0. The van der Waals surface area contributed by atoms with Crippen LogP contribution in [0.2, 0.25) is 0 Å². The van der Waals surface area contributed by atoms with Gasteiger partial charge in [0.2, 0.25) is 5.91 Å². The number of hydrogen-bond acceptors (Lipinski definition) is 3. The molecule has 0 saturated carbocycles. The topological polar surface area (TPSA) is 99.3 Å². The summed E-state index contributed by atoms with van der Waals surface area (Å²) in [4.78, 5) is 36.2. The number of hydrogen-bond donors (Lipinski definition) is 4. The highest BCUT2D eigenvalue weighted by Crippen LogP contribution is 2.16. The second-order valence-corrected chi connectivity index (χ2v) is 6.91. The second kappa shape index (κ2) is 10.6. The zero-order valence-electron chi connectivity index (χ0n) is 17.1. The Labute approximate surface area is 180 Å². The van der Waals surface area contributed by atoms with Gasteiger partial charge in [0.1, 0.15) is 0 Å². The first-order valence-corrected chi connectivity index (χ1v) is 9.87. The van der Waals surface area contributed by atoms with Crippen molar-refractivity contribution < 1.29 is 14.4 Å². The quantitative estimate of drug-likeness (QED) is 0.469. The van der Waals surface area contributed by atoms with Gasteiger partial charge < -0.3 is 21.3 Å². The van der Waals surface area contributed by atoms with E-state index in [0.717, 1.165) is 5.56 Å². The van der Waals surface area contributed by atoms with Crippen molar-refractivity contribution in [3.05, 3.63) is 96.1 Å². The summed E-state index contributed by atoms with van der Waals surface area (Å²) in [6.07, 6.45) is 0. The first-order chi connectivity index (χ1) is 15.0. The SMILES string of the molecule is CC(NC(=O)CNC(=O)c1ccccc1)c1ccc(NC(=O)Nc2ccccc2)cc1. The molecule has 0 saturated heterocycles. The Balaban J connectivity index is 1.46. The molecule has 0 aliphatic rings. The predicted molar refractivity (Wildman–Crippen MR) is 121 cm³/mol.